The number of hydrogen-bond acceptors (Lipinski definition) is 4. The maximum absolute atomic E-state index is 12.8. The number of aryl methyl sites for hydroxylation is 1. The van der Waals surface area contributed by atoms with Crippen molar-refractivity contribution < 1.29 is 4.79 Å². The Balaban J connectivity index is 1.83. The van der Waals surface area contributed by atoms with Gasteiger partial charge in [0.25, 0.3) is 0 Å². The average Bonchev–Trinajstić information content (AvgIpc) is 3.15. The molecule has 0 aliphatic heterocycles. The lowest BCUT2D eigenvalue weighted by Crippen LogP contribution is -2.44. The van der Waals surface area contributed by atoms with Crippen LogP contribution < -0.4 is 10.6 Å². The molecule has 6 nitrogen and oxygen atoms in total. The van der Waals surface area contributed by atoms with E-state index in [4.69, 9.17) is 0 Å². The van der Waals surface area contributed by atoms with Crippen molar-refractivity contribution in [2.45, 2.75) is 44.7 Å². The summed E-state index contributed by atoms with van der Waals surface area (Å²) < 4.78 is 2.60. The fourth-order valence-electron chi connectivity index (χ4n) is 3.03. The Bertz CT molecular complexity index is 683. The first-order valence-corrected chi connectivity index (χ1v) is 8.54. The fraction of sp³-hybridized carbons (Fsp3) is 0.533. The van der Waals surface area contributed by atoms with Gasteiger partial charge < -0.3 is 4.90 Å². The SMILES string of the molecule is Cn1cnn(CC(=O)N(c2ccsc2)C2CCCCC2)c1=O. The summed E-state index contributed by atoms with van der Waals surface area (Å²) in [5.41, 5.74) is 0.674. The van der Waals surface area contributed by atoms with Crippen molar-refractivity contribution in [3.63, 3.8) is 0 Å². The molecule has 0 bridgehead atoms. The summed E-state index contributed by atoms with van der Waals surface area (Å²) in [5, 5.41) is 7.96. The van der Waals surface area contributed by atoms with E-state index < -0.39 is 0 Å². The van der Waals surface area contributed by atoms with Crippen molar-refractivity contribution in [3.8, 4) is 0 Å². The Morgan fingerprint density at radius 3 is 2.77 bits per heavy atom. The number of carbonyl (C=O) groups excluding carboxylic acids is 1. The van der Waals surface area contributed by atoms with Crippen LogP contribution in [0.4, 0.5) is 5.69 Å². The maximum atomic E-state index is 12.8. The topological polar surface area (TPSA) is 60.1 Å². The number of rotatable bonds is 4. The van der Waals surface area contributed by atoms with E-state index in [1.807, 2.05) is 21.7 Å². The summed E-state index contributed by atoms with van der Waals surface area (Å²) in [6.07, 6.45) is 7.04. The van der Waals surface area contributed by atoms with Gasteiger partial charge in [0.05, 0.1) is 5.69 Å². The Hall–Kier alpha value is -1.89. The first kappa shape index (κ1) is 15.0. The van der Waals surface area contributed by atoms with E-state index in [1.165, 1.54) is 22.0 Å². The second-order valence-corrected chi connectivity index (χ2v) is 6.50. The molecule has 0 atom stereocenters. The van der Waals surface area contributed by atoms with E-state index in [2.05, 4.69) is 5.10 Å². The molecule has 2 aromatic heterocycles. The van der Waals surface area contributed by atoms with Gasteiger partial charge in [0, 0.05) is 18.5 Å². The second kappa shape index (κ2) is 6.48. The molecular weight excluding hydrogens is 300 g/mol. The van der Waals surface area contributed by atoms with Gasteiger partial charge in [-0.05, 0) is 24.3 Å². The third kappa shape index (κ3) is 2.99. The highest BCUT2D eigenvalue weighted by Crippen LogP contribution is 2.29. The van der Waals surface area contributed by atoms with Crippen molar-refractivity contribution in [1.29, 1.82) is 0 Å². The van der Waals surface area contributed by atoms with E-state index in [1.54, 1.807) is 18.4 Å². The molecule has 3 rings (SSSR count). The molecule has 0 saturated heterocycles. The molecule has 1 amide bonds. The predicted octanol–water partition coefficient (Wildman–Crippen LogP) is 2.01. The van der Waals surface area contributed by atoms with Gasteiger partial charge in [-0.15, -0.1) is 0 Å². The molecule has 0 aromatic carbocycles. The van der Waals surface area contributed by atoms with E-state index in [0.29, 0.717) is 0 Å². The first-order valence-electron chi connectivity index (χ1n) is 7.59. The standard InChI is InChI=1S/C15H20N4O2S/c1-17-11-16-18(15(17)21)9-14(20)19(13-7-8-22-10-13)12-5-3-2-4-6-12/h7-8,10-12H,2-6,9H2,1H3. The van der Waals surface area contributed by atoms with E-state index in [9.17, 15) is 9.59 Å². The molecule has 2 heterocycles. The number of nitrogens with zero attached hydrogens (tertiary/aromatic N) is 4. The minimum absolute atomic E-state index is 0.00792. The number of hydrogen-bond donors (Lipinski definition) is 0. The van der Waals surface area contributed by atoms with Crippen molar-refractivity contribution in [2.75, 3.05) is 4.90 Å². The molecule has 1 aliphatic carbocycles. The van der Waals surface area contributed by atoms with Crippen molar-refractivity contribution in [1.82, 2.24) is 14.3 Å². The lowest BCUT2D eigenvalue weighted by atomic mass is 9.94. The molecule has 1 fully saturated rings. The molecule has 0 radical (unpaired) electrons. The van der Waals surface area contributed by atoms with Gasteiger partial charge in [-0.3, -0.25) is 9.36 Å². The Morgan fingerprint density at radius 2 is 2.18 bits per heavy atom. The number of anilines is 1. The number of carbonyl (C=O) groups is 1. The summed E-state index contributed by atoms with van der Waals surface area (Å²) in [6.45, 7) is -0.00792. The normalized spacial score (nSPS) is 15.9. The molecule has 118 valence electrons. The van der Waals surface area contributed by atoms with Crippen LogP contribution >= 0.6 is 11.3 Å². The van der Waals surface area contributed by atoms with Crippen LogP contribution in [0.25, 0.3) is 0 Å². The van der Waals surface area contributed by atoms with Gasteiger partial charge in [-0.2, -0.15) is 16.4 Å². The quantitative estimate of drug-likeness (QED) is 0.866. The van der Waals surface area contributed by atoms with E-state index >= 15 is 0 Å². The summed E-state index contributed by atoms with van der Waals surface area (Å²) >= 11 is 1.58. The van der Waals surface area contributed by atoms with Gasteiger partial charge in [0.15, 0.2) is 0 Å². The maximum Gasteiger partial charge on any atom is 0.345 e. The molecule has 1 aliphatic rings. The van der Waals surface area contributed by atoms with Gasteiger partial charge in [-0.1, -0.05) is 19.3 Å². The van der Waals surface area contributed by atoms with Crippen molar-refractivity contribution in [3.05, 3.63) is 33.6 Å². The molecule has 0 unspecified atom stereocenters. The zero-order valence-corrected chi connectivity index (χ0v) is 13.5. The molecule has 2 aromatic rings. The zero-order valence-electron chi connectivity index (χ0n) is 12.6. The predicted molar refractivity (Wildman–Crippen MR) is 86.1 cm³/mol. The van der Waals surface area contributed by atoms with Gasteiger partial charge >= 0.3 is 5.69 Å². The largest absolute Gasteiger partial charge is 0.345 e. The number of thiophene rings is 1. The minimum Gasteiger partial charge on any atom is -0.307 e. The highest BCUT2D eigenvalue weighted by atomic mass is 32.1. The monoisotopic (exact) mass is 320 g/mol. The third-order valence-corrected chi connectivity index (χ3v) is 4.84. The molecule has 0 spiro atoms. The Kier molecular flexibility index (Phi) is 4.42. The molecule has 7 heteroatoms. The Morgan fingerprint density at radius 1 is 1.41 bits per heavy atom. The zero-order chi connectivity index (χ0) is 15.5. The molecule has 0 N–H and O–H groups in total. The van der Waals surface area contributed by atoms with Crippen molar-refractivity contribution >= 4 is 22.9 Å². The smallest absolute Gasteiger partial charge is 0.307 e. The average molecular weight is 320 g/mol. The van der Waals surface area contributed by atoms with Crippen LogP contribution in [-0.2, 0) is 18.4 Å². The molecule has 22 heavy (non-hydrogen) atoms. The summed E-state index contributed by atoms with van der Waals surface area (Å²) in [6, 6.07) is 2.20. The van der Waals surface area contributed by atoms with Gasteiger partial charge in [0.2, 0.25) is 5.91 Å². The first-order chi connectivity index (χ1) is 10.7. The second-order valence-electron chi connectivity index (χ2n) is 5.72. The van der Waals surface area contributed by atoms with Crippen LogP contribution in [0, 0.1) is 0 Å². The van der Waals surface area contributed by atoms with Crippen LogP contribution in [0.2, 0.25) is 0 Å². The number of aromatic nitrogens is 3. The summed E-state index contributed by atoms with van der Waals surface area (Å²) in [5.74, 6) is -0.0638. The van der Waals surface area contributed by atoms with E-state index in [0.717, 1.165) is 31.4 Å². The minimum atomic E-state index is -0.262. The lowest BCUT2D eigenvalue weighted by Gasteiger charge is -2.33. The summed E-state index contributed by atoms with van der Waals surface area (Å²) in [4.78, 5) is 26.5. The van der Waals surface area contributed by atoms with Crippen LogP contribution in [0.15, 0.2) is 27.9 Å². The lowest BCUT2D eigenvalue weighted by molar-refractivity contribution is -0.120. The molecular formula is C15H20N4O2S. The highest BCUT2D eigenvalue weighted by molar-refractivity contribution is 7.08. The van der Waals surface area contributed by atoms with Crippen molar-refractivity contribution in [2.24, 2.45) is 7.05 Å². The number of amides is 1. The van der Waals surface area contributed by atoms with Crippen LogP contribution in [0.3, 0.4) is 0 Å². The molecule has 1 saturated carbocycles. The van der Waals surface area contributed by atoms with E-state index in [-0.39, 0.29) is 24.2 Å². The van der Waals surface area contributed by atoms with Crippen LogP contribution in [0.1, 0.15) is 32.1 Å². The van der Waals surface area contributed by atoms with Gasteiger partial charge in [0.1, 0.15) is 12.9 Å². The highest BCUT2D eigenvalue weighted by Gasteiger charge is 2.27. The Labute approximate surface area is 133 Å². The third-order valence-electron chi connectivity index (χ3n) is 4.16. The van der Waals surface area contributed by atoms with Crippen LogP contribution in [0.5, 0.6) is 0 Å². The van der Waals surface area contributed by atoms with Crippen LogP contribution in [-0.4, -0.2) is 26.3 Å². The fourth-order valence-corrected chi connectivity index (χ4v) is 3.65. The van der Waals surface area contributed by atoms with Gasteiger partial charge in [-0.25, -0.2) is 9.48 Å². The summed E-state index contributed by atoms with van der Waals surface area (Å²) in [7, 11) is 1.63.